The molecule has 0 radical (unpaired) electrons. The number of nitrogens with zero attached hydrogens (tertiary/aromatic N) is 3. The fraction of sp³-hybridized carbons (Fsp3) is 0.385. The molecule has 0 aliphatic rings. The molecule has 5 nitrogen and oxygen atoms in total. The van der Waals surface area contributed by atoms with E-state index in [2.05, 4.69) is 29.4 Å². The van der Waals surface area contributed by atoms with Gasteiger partial charge in [-0.25, -0.2) is 0 Å². The standard InChI is InChI=1S/C13H17Cl2N5/c1-8(2)20-4-3-10(19-20)6-12(18-16)13-11(15)5-9(14)7-17-13/h3-5,7-8,12,18H,6,16H2,1-2H3. The molecule has 1 unspecified atom stereocenters. The van der Waals surface area contributed by atoms with Crippen LogP contribution in [-0.4, -0.2) is 14.8 Å². The smallest absolute Gasteiger partial charge is 0.0777 e. The van der Waals surface area contributed by atoms with Gasteiger partial charge >= 0.3 is 0 Å². The molecule has 108 valence electrons. The van der Waals surface area contributed by atoms with Crippen LogP contribution in [0.15, 0.2) is 24.5 Å². The minimum absolute atomic E-state index is 0.213. The molecule has 7 heteroatoms. The number of nitrogens with one attached hydrogen (secondary N) is 1. The van der Waals surface area contributed by atoms with E-state index in [1.54, 1.807) is 12.3 Å². The predicted octanol–water partition coefficient (Wildman–Crippen LogP) is 2.91. The molecular weight excluding hydrogens is 297 g/mol. The van der Waals surface area contributed by atoms with Crippen molar-refractivity contribution >= 4 is 23.2 Å². The Hall–Kier alpha value is -1.14. The molecule has 2 aromatic rings. The van der Waals surface area contributed by atoms with E-state index >= 15 is 0 Å². The van der Waals surface area contributed by atoms with Crippen LogP contribution < -0.4 is 11.3 Å². The van der Waals surface area contributed by atoms with Crippen molar-refractivity contribution in [1.29, 1.82) is 0 Å². The van der Waals surface area contributed by atoms with Crippen LogP contribution in [0.4, 0.5) is 0 Å². The summed E-state index contributed by atoms with van der Waals surface area (Å²) in [5, 5.41) is 5.48. The van der Waals surface area contributed by atoms with Crippen molar-refractivity contribution in [1.82, 2.24) is 20.2 Å². The quantitative estimate of drug-likeness (QED) is 0.658. The Morgan fingerprint density at radius 3 is 2.70 bits per heavy atom. The second kappa shape index (κ2) is 6.54. The van der Waals surface area contributed by atoms with Gasteiger partial charge in [-0.3, -0.25) is 20.9 Å². The average molecular weight is 314 g/mol. The van der Waals surface area contributed by atoms with E-state index < -0.39 is 0 Å². The lowest BCUT2D eigenvalue weighted by atomic mass is 10.1. The molecule has 2 aromatic heterocycles. The highest BCUT2D eigenvalue weighted by Crippen LogP contribution is 2.25. The maximum atomic E-state index is 6.16. The first-order valence-electron chi connectivity index (χ1n) is 6.32. The van der Waals surface area contributed by atoms with E-state index in [0.29, 0.717) is 28.2 Å². The first kappa shape index (κ1) is 15.3. The lowest BCUT2D eigenvalue weighted by molar-refractivity contribution is 0.502. The summed E-state index contributed by atoms with van der Waals surface area (Å²) in [6.45, 7) is 4.15. The Bertz CT molecular complexity index is 582. The van der Waals surface area contributed by atoms with Crippen LogP contribution in [-0.2, 0) is 6.42 Å². The lowest BCUT2D eigenvalue weighted by Crippen LogP contribution is -2.30. The molecule has 0 saturated heterocycles. The highest BCUT2D eigenvalue weighted by Gasteiger charge is 2.17. The summed E-state index contributed by atoms with van der Waals surface area (Å²) in [5.41, 5.74) is 4.32. The fourth-order valence-corrected chi connectivity index (χ4v) is 2.41. The molecule has 2 heterocycles. The van der Waals surface area contributed by atoms with Gasteiger partial charge in [0.15, 0.2) is 0 Å². The van der Waals surface area contributed by atoms with Crippen LogP contribution in [0.25, 0.3) is 0 Å². The van der Waals surface area contributed by atoms with Crippen molar-refractivity contribution in [3.63, 3.8) is 0 Å². The van der Waals surface area contributed by atoms with E-state index in [1.165, 1.54) is 0 Å². The molecule has 0 fully saturated rings. The van der Waals surface area contributed by atoms with Crippen molar-refractivity contribution in [3.05, 3.63) is 46.0 Å². The van der Waals surface area contributed by atoms with Gasteiger partial charge in [0, 0.05) is 24.9 Å². The Morgan fingerprint density at radius 2 is 2.15 bits per heavy atom. The summed E-state index contributed by atoms with van der Waals surface area (Å²) >= 11 is 12.0. The molecule has 0 aliphatic carbocycles. The molecule has 0 bridgehead atoms. The molecule has 0 saturated carbocycles. The second-order valence-corrected chi connectivity index (χ2v) is 5.67. The van der Waals surface area contributed by atoms with E-state index in [9.17, 15) is 0 Å². The summed E-state index contributed by atoms with van der Waals surface area (Å²) in [5.74, 6) is 5.61. The topological polar surface area (TPSA) is 68.8 Å². The molecule has 2 rings (SSSR count). The van der Waals surface area contributed by atoms with Crippen LogP contribution in [0.3, 0.4) is 0 Å². The molecule has 20 heavy (non-hydrogen) atoms. The normalized spacial score (nSPS) is 12.9. The van der Waals surface area contributed by atoms with Crippen molar-refractivity contribution in [3.8, 4) is 0 Å². The Labute approximate surface area is 128 Å². The number of hydrazine groups is 1. The number of pyridine rings is 1. The summed E-state index contributed by atoms with van der Waals surface area (Å²) in [4.78, 5) is 4.25. The molecule has 0 spiro atoms. The summed E-state index contributed by atoms with van der Waals surface area (Å²) in [6, 6.07) is 3.73. The van der Waals surface area contributed by atoms with E-state index in [-0.39, 0.29) is 6.04 Å². The molecule has 1 atom stereocenters. The third-order valence-corrected chi connectivity index (χ3v) is 3.48. The Kier molecular flexibility index (Phi) is 4.99. The van der Waals surface area contributed by atoms with Gasteiger partial charge in [-0.15, -0.1) is 0 Å². The fourth-order valence-electron chi connectivity index (χ4n) is 1.90. The van der Waals surface area contributed by atoms with E-state index in [1.807, 2.05) is 16.9 Å². The van der Waals surface area contributed by atoms with Gasteiger partial charge < -0.3 is 0 Å². The van der Waals surface area contributed by atoms with Crippen molar-refractivity contribution < 1.29 is 0 Å². The van der Waals surface area contributed by atoms with Gasteiger partial charge in [-0.1, -0.05) is 23.2 Å². The SMILES string of the molecule is CC(C)n1ccc(CC(NN)c2ncc(Cl)cc2Cl)n1. The number of hydrogen-bond donors (Lipinski definition) is 2. The second-order valence-electron chi connectivity index (χ2n) is 4.82. The van der Waals surface area contributed by atoms with Gasteiger partial charge in [0.1, 0.15) is 0 Å². The zero-order valence-corrected chi connectivity index (χ0v) is 12.9. The molecular formula is C13H17Cl2N5. The van der Waals surface area contributed by atoms with Gasteiger partial charge in [0.25, 0.3) is 0 Å². The van der Waals surface area contributed by atoms with Gasteiger partial charge in [0.2, 0.25) is 0 Å². The van der Waals surface area contributed by atoms with Crippen LogP contribution in [0.5, 0.6) is 0 Å². The van der Waals surface area contributed by atoms with Crippen LogP contribution in [0, 0.1) is 0 Å². The maximum Gasteiger partial charge on any atom is 0.0777 e. The Balaban J connectivity index is 2.19. The highest BCUT2D eigenvalue weighted by atomic mass is 35.5. The lowest BCUT2D eigenvalue weighted by Gasteiger charge is -2.15. The largest absolute Gasteiger partial charge is 0.271 e. The number of rotatable bonds is 5. The summed E-state index contributed by atoms with van der Waals surface area (Å²) in [6.07, 6.45) is 4.11. The molecule has 0 aromatic carbocycles. The molecule has 0 amide bonds. The number of aromatic nitrogens is 3. The van der Waals surface area contributed by atoms with Gasteiger partial charge in [-0.05, 0) is 26.0 Å². The van der Waals surface area contributed by atoms with Crippen molar-refractivity contribution in [2.24, 2.45) is 5.84 Å². The first-order valence-corrected chi connectivity index (χ1v) is 7.08. The molecule has 0 aliphatic heterocycles. The van der Waals surface area contributed by atoms with E-state index in [0.717, 1.165) is 5.69 Å². The third-order valence-electron chi connectivity index (χ3n) is 2.97. The zero-order chi connectivity index (χ0) is 14.7. The monoisotopic (exact) mass is 313 g/mol. The number of hydrogen-bond acceptors (Lipinski definition) is 4. The van der Waals surface area contributed by atoms with Crippen molar-refractivity contribution in [2.45, 2.75) is 32.4 Å². The first-order chi connectivity index (χ1) is 9.51. The predicted molar refractivity (Wildman–Crippen MR) is 80.6 cm³/mol. The summed E-state index contributed by atoms with van der Waals surface area (Å²) < 4.78 is 1.90. The summed E-state index contributed by atoms with van der Waals surface area (Å²) in [7, 11) is 0. The minimum Gasteiger partial charge on any atom is -0.271 e. The average Bonchev–Trinajstić information content (AvgIpc) is 2.85. The maximum absolute atomic E-state index is 6.16. The van der Waals surface area contributed by atoms with Gasteiger partial charge in [-0.2, -0.15) is 5.10 Å². The Morgan fingerprint density at radius 1 is 1.40 bits per heavy atom. The highest BCUT2D eigenvalue weighted by molar-refractivity contribution is 6.34. The van der Waals surface area contributed by atoms with Crippen LogP contribution >= 0.6 is 23.2 Å². The molecule has 3 N–H and O–H groups in total. The zero-order valence-electron chi connectivity index (χ0n) is 11.3. The van der Waals surface area contributed by atoms with E-state index in [4.69, 9.17) is 29.0 Å². The third kappa shape index (κ3) is 3.49. The van der Waals surface area contributed by atoms with Crippen LogP contribution in [0.1, 0.15) is 37.3 Å². The number of halogens is 2. The van der Waals surface area contributed by atoms with Crippen molar-refractivity contribution in [2.75, 3.05) is 0 Å². The van der Waals surface area contributed by atoms with Crippen LogP contribution in [0.2, 0.25) is 10.0 Å². The number of nitrogens with two attached hydrogens (primary N) is 1. The van der Waals surface area contributed by atoms with Gasteiger partial charge in [0.05, 0.1) is 27.5 Å². The minimum atomic E-state index is -0.213.